The van der Waals surface area contributed by atoms with Crippen molar-refractivity contribution >= 4 is 17.5 Å². The number of ketones is 1. The van der Waals surface area contributed by atoms with Gasteiger partial charge in [-0.3, -0.25) is 9.59 Å². The Hall–Kier alpha value is -1.65. The Labute approximate surface area is 154 Å². The zero-order valence-corrected chi connectivity index (χ0v) is 16.0. The molecule has 0 aromatic carbocycles. The predicted octanol–water partition coefficient (Wildman–Crippen LogP) is 3.89. The first-order chi connectivity index (χ1) is 12.3. The zero-order chi connectivity index (χ0) is 18.7. The number of fused-ring (bicyclic) bond motifs is 5. The molecule has 0 aliphatic heterocycles. The number of allylic oxidation sites excluding steroid dienone is 1. The van der Waals surface area contributed by atoms with Crippen molar-refractivity contribution in [1.82, 2.24) is 0 Å². The maximum Gasteiger partial charge on any atom is 0.302 e. The molecule has 5 nitrogen and oxygen atoms in total. The molecule has 1 N–H and O–H groups in total. The molecule has 0 heterocycles. The number of ether oxygens (including phenoxy) is 1. The standard InChI is InChI=1S/C21H29NO4/c1-12(23)26-17-11-21(3)16(6-7-18(21)22-25)15-5-4-13-10-14(24)8-9-20(13,2)19(15)17/h10,15-17,19,25H,4-9,11H2,1-3H3/b22-18+/t15?,16?,17-,19?,20-,21-/m0/s1. The fraction of sp³-hybridized carbons (Fsp3) is 0.762. The molecule has 4 aliphatic rings. The number of hydrogen-bond donors (Lipinski definition) is 1. The zero-order valence-electron chi connectivity index (χ0n) is 16.0. The van der Waals surface area contributed by atoms with Gasteiger partial charge < -0.3 is 9.94 Å². The minimum Gasteiger partial charge on any atom is -0.462 e. The SMILES string of the molecule is CC(=O)O[C@H]1C[C@]2(C)/C(=N/O)CCC2C2CCC3=CC(=O)CC[C@]3(C)C21. The van der Waals surface area contributed by atoms with Gasteiger partial charge in [0.2, 0.25) is 0 Å². The summed E-state index contributed by atoms with van der Waals surface area (Å²) < 4.78 is 5.88. The summed E-state index contributed by atoms with van der Waals surface area (Å²) in [6.45, 7) is 5.94. The Kier molecular flexibility index (Phi) is 4.05. The number of hydrogen-bond acceptors (Lipinski definition) is 5. The Bertz CT molecular complexity index is 711. The molecule has 4 aliphatic carbocycles. The van der Waals surface area contributed by atoms with Crippen LogP contribution in [0.2, 0.25) is 0 Å². The van der Waals surface area contributed by atoms with Crippen LogP contribution in [0.4, 0.5) is 0 Å². The summed E-state index contributed by atoms with van der Waals surface area (Å²) in [5.41, 5.74) is 1.85. The molecule has 6 atom stereocenters. The van der Waals surface area contributed by atoms with Crippen molar-refractivity contribution in [1.29, 1.82) is 0 Å². The van der Waals surface area contributed by atoms with Crippen molar-refractivity contribution in [2.45, 2.75) is 71.8 Å². The molecule has 4 rings (SSSR count). The fourth-order valence-corrected chi connectivity index (χ4v) is 6.93. The molecular weight excluding hydrogens is 330 g/mol. The summed E-state index contributed by atoms with van der Waals surface area (Å²) in [6, 6.07) is 0. The second kappa shape index (κ2) is 5.93. The van der Waals surface area contributed by atoms with E-state index in [1.807, 2.05) is 6.08 Å². The second-order valence-electron chi connectivity index (χ2n) is 9.24. The van der Waals surface area contributed by atoms with Crippen molar-refractivity contribution in [2.75, 3.05) is 0 Å². The molecule has 3 fully saturated rings. The summed E-state index contributed by atoms with van der Waals surface area (Å²) in [4.78, 5) is 23.9. The quantitative estimate of drug-likeness (QED) is 0.438. The maximum atomic E-state index is 12.0. The molecule has 0 saturated heterocycles. The largest absolute Gasteiger partial charge is 0.462 e. The summed E-state index contributed by atoms with van der Waals surface area (Å²) in [5, 5.41) is 13.2. The monoisotopic (exact) mass is 359 g/mol. The van der Waals surface area contributed by atoms with E-state index in [0.29, 0.717) is 24.7 Å². The van der Waals surface area contributed by atoms with Crippen LogP contribution in [0.25, 0.3) is 0 Å². The molecule has 26 heavy (non-hydrogen) atoms. The van der Waals surface area contributed by atoms with E-state index in [4.69, 9.17) is 4.74 Å². The molecule has 0 aromatic heterocycles. The molecule has 0 aromatic rings. The number of carbonyl (C=O) groups is 2. The predicted molar refractivity (Wildman–Crippen MR) is 96.9 cm³/mol. The number of oxime groups is 1. The highest BCUT2D eigenvalue weighted by molar-refractivity contribution is 5.92. The van der Waals surface area contributed by atoms with E-state index in [2.05, 4.69) is 19.0 Å². The third kappa shape index (κ3) is 2.39. The van der Waals surface area contributed by atoms with Crippen molar-refractivity contribution in [2.24, 2.45) is 33.7 Å². The van der Waals surface area contributed by atoms with Gasteiger partial charge in [-0.1, -0.05) is 24.6 Å². The van der Waals surface area contributed by atoms with Gasteiger partial charge in [0.25, 0.3) is 0 Å². The van der Waals surface area contributed by atoms with Crippen LogP contribution >= 0.6 is 0 Å². The van der Waals surface area contributed by atoms with Gasteiger partial charge in [-0.15, -0.1) is 0 Å². The van der Waals surface area contributed by atoms with Crippen LogP contribution in [0, 0.1) is 28.6 Å². The van der Waals surface area contributed by atoms with E-state index in [1.54, 1.807) is 0 Å². The van der Waals surface area contributed by atoms with E-state index in [9.17, 15) is 14.8 Å². The molecule has 0 amide bonds. The van der Waals surface area contributed by atoms with Crippen molar-refractivity contribution in [3.05, 3.63) is 11.6 Å². The lowest BCUT2D eigenvalue weighted by atomic mass is 9.46. The minimum absolute atomic E-state index is 0.0720. The average molecular weight is 359 g/mol. The molecular formula is C21H29NO4. The van der Waals surface area contributed by atoms with Crippen LogP contribution in [-0.4, -0.2) is 28.8 Å². The Morgan fingerprint density at radius 1 is 1.23 bits per heavy atom. The summed E-state index contributed by atoms with van der Waals surface area (Å²) in [5.74, 6) is 1.13. The van der Waals surface area contributed by atoms with Gasteiger partial charge in [0.05, 0.1) is 5.71 Å². The van der Waals surface area contributed by atoms with Crippen LogP contribution in [0.15, 0.2) is 16.8 Å². The fourth-order valence-electron chi connectivity index (χ4n) is 6.93. The topological polar surface area (TPSA) is 76.0 Å². The summed E-state index contributed by atoms with van der Waals surface area (Å²) in [6.07, 6.45) is 7.67. The molecule has 0 bridgehead atoms. The molecule has 5 heteroatoms. The van der Waals surface area contributed by atoms with Crippen LogP contribution in [0.5, 0.6) is 0 Å². The molecule has 0 radical (unpaired) electrons. The number of rotatable bonds is 1. The summed E-state index contributed by atoms with van der Waals surface area (Å²) >= 11 is 0. The minimum atomic E-state index is -0.247. The molecule has 142 valence electrons. The van der Waals surface area contributed by atoms with Crippen molar-refractivity contribution < 1.29 is 19.5 Å². The number of carbonyl (C=O) groups excluding carboxylic acids is 2. The number of nitrogens with zero attached hydrogens (tertiary/aromatic N) is 1. The highest BCUT2D eigenvalue weighted by atomic mass is 16.5. The van der Waals surface area contributed by atoms with Crippen LogP contribution in [-0.2, 0) is 14.3 Å². The Balaban J connectivity index is 1.78. The van der Waals surface area contributed by atoms with Crippen molar-refractivity contribution in [3.8, 4) is 0 Å². The lowest BCUT2D eigenvalue weighted by Crippen LogP contribution is -2.57. The Morgan fingerprint density at radius 2 is 2.00 bits per heavy atom. The van der Waals surface area contributed by atoms with Gasteiger partial charge in [0.1, 0.15) is 6.10 Å². The normalized spacial score (nSPS) is 46.2. The van der Waals surface area contributed by atoms with Gasteiger partial charge in [-0.25, -0.2) is 0 Å². The molecule has 3 saturated carbocycles. The van der Waals surface area contributed by atoms with Gasteiger partial charge in [-0.2, -0.15) is 0 Å². The van der Waals surface area contributed by atoms with Gasteiger partial charge in [-0.05, 0) is 61.9 Å². The van der Waals surface area contributed by atoms with E-state index in [-0.39, 0.29) is 34.6 Å². The van der Waals surface area contributed by atoms with E-state index < -0.39 is 0 Å². The van der Waals surface area contributed by atoms with E-state index >= 15 is 0 Å². The third-order valence-corrected chi connectivity index (χ3v) is 8.05. The summed E-state index contributed by atoms with van der Waals surface area (Å²) in [7, 11) is 0. The van der Waals surface area contributed by atoms with Gasteiger partial charge >= 0.3 is 5.97 Å². The van der Waals surface area contributed by atoms with Crippen LogP contribution in [0.1, 0.15) is 65.7 Å². The third-order valence-electron chi connectivity index (χ3n) is 8.05. The lowest BCUT2D eigenvalue weighted by Gasteiger charge is -2.59. The maximum absolute atomic E-state index is 12.0. The number of esters is 1. The van der Waals surface area contributed by atoms with Gasteiger partial charge in [0.15, 0.2) is 5.78 Å². The first-order valence-corrected chi connectivity index (χ1v) is 9.92. The van der Waals surface area contributed by atoms with Crippen molar-refractivity contribution in [3.63, 3.8) is 0 Å². The second-order valence-corrected chi connectivity index (χ2v) is 9.24. The average Bonchev–Trinajstić information content (AvgIpc) is 2.90. The first kappa shape index (κ1) is 17.7. The molecule has 3 unspecified atom stereocenters. The first-order valence-electron chi connectivity index (χ1n) is 9.92. The smallest absolute Gasteiger partial charge is 0.302 e. The Morgan fingerprint density at radius 3 is 2.69 bits per heavy atom. The highest BCUT2D eigenvalue weighted by Crippen LogP contribution is 2.65. The molecule has 0 spiro atoms. The van der Waals surface area contributed by atoms with E-state index in [1.165, 1.54) is 12.5 Å². The van der Waals surface area contributed by atoms with E-state index in [0.717, 1.165) is 37.8 Å². The lowest BCUT2D eigenvalue weighted by molar-refractivity contribution is -0.168. The van der Waals surface area contributed by atoms with Crippen LogP contribution < -0.4 is 0 Å². The van der Waals surface area contributed by atoms with Crippen LogP contribution in [0.3, 0.4) is 0 Å². The van der Waals surface area contributed by atoms with Gasteiger partial charge in [0, 0.05) is 24.7 Å². The highest BCUT2D eigenvalue weighted by Gasteiger charge is 2.62.